The van der Waals surface area contributed by atoms with E-state index in [0.29, 0.717) is 6.54 Å². The second kappa shape index (κ2) is 2.83. The van der Waals surface area contributed by atoms with Crippen molar-refractivity contribution >= 4 is 0 Å². The van der Waals surface area contributed by atoms with Gasteiger partial charge in [0.05, 0.1) is 13.2 Å². The van der Waals surface area contributed by atoms with Crippen LogP contribution in [0.2, 0.25) is 0 Å². The molecule has 0 aromatic heterocycles. The van der Waals surface area contributed by atoms with Crippen LogP contribution in [0.1, 0.15) is 6.42 Å². The highest BCUT2D eigenvalue weighted by atomic mass is 16.7. The molecule has 58 valence electrons. The van der Waals surface area contributed by atoms with Crippen molar-refractivity contribution in [2.75, 3.05) is 20.2 Å². The third-order valence-electron chi connectivity index (χ3n) is 1.54. The van der Waals surface area contributed by atoms with E-state index >= 15 is 0 Å². The highest BCUT2D eigenvalue weighted by Gasteiger charge is 2.23. The van der Waals surface area contributed by atoms with Crippen LogP contribution in [0.3, 0.4) is 0 Å². The van der Waals surface area contributed by atoms with Crippen LogP contribution in [0.25, 0.3) is 0 Å². The average Bonchev–Trinajstić information content (AvgIpc) is 1.77. The lowest BCUT2D eigenvalue weighted by atomic mass is 10.2. The molecule has 0 aromatic carbocycles. The number of likely N-dealkylation sites (N-methyl/N-ethyl adjacent to an activating group) is 1. The smallest absolute Gasteiger partial charge is 0.159 e. The average molecular weight is 146 g/mol. The van der Waals surface area contributed by atoms with Crippen molar-refractivity contribution in [3.05, 3.63) is 10.1 Å². The lowest BCUT2D eigenvalue weighted by Gasteiger charge is -2.26. The molecule has 0 saturated carbocycles. The first-order chi connectivity index (χ1) is 4.70. The van der Waals surface area contributed by atoms with E-state index < -0.39 is 5.03 Å². The fraction of sp³-hybridized carbons (Fsp3) is 1.00. The maximum Gasteiger partial charge on any atom is 0.159 e. The molecule has 1 unspecified atom stereocenters. The van der Waals surface area contributed by atoms with Gasteiger partial charge in [-0.15, -0.1) is 5.01 Å². The van der Waals surface area contributed by atoms with E-state index in [1.54, 1.807) is 0 Å². The summed E-state index contributed by atoms with van der Waals surface area (Å²) in [7, 11) is 1.45. The van der Waals surface area contributed by atoms with Crippen molar-refractivity contribution in [2.45, 2.75) is 12.5 Å². The lowest BCUT2D eigenvalue weighted by molar-refractivity contribution is -0.651. The molecule has 1 saturated heterocycles. The molecule has 1 aliphatic rings. The van der Waals surface area contributed by atoms with Gasteiger partial charge in [0.2, 0.25) is 0 Å². The number of nitrogens with zero attached hydrogens (tertiary/aromatic N) is 2. The zero-order valence-electron chi connectivity index (χ0n) is 5.82. The Hall–Kier alpha value is -0.840. The Morgan fingerprint density at radius 1 is 1.90 bits per heavy atom. The fourth-order valence-electron chi connectivity index (χ4n) is 0.790. The normalized spacial score (nSPS) is 23.5. The Morgan fingerprint density at radius 3 is 2.80 bits per heavy atom. The Kier molecular flexibility index (Phi) is 2.06. The molecule has 0 amide bonds. The van der Waals surface area contributed by atoms with Gasteiger partial charge in [-0.2, -0.15) is 0 Å². The lowest BCUT2D eigenvalue weighted by Crippen LogP contribution is -2.40. The number of rotatable bonds is 3. The number of hydrazine groups is 1. The van der Waals surface area contributed by atoms with Gasteiger partial charge in [-0.05, 0) is 6.42 Å². The van der Waals surface area contributed by atoms with Crippen molar-refractivity contribution in [2.24, 2.45) is 0 Å². The first-order valence-corrected chi connectivity index (χ1v) is 3.17. The van der Waals surface area contributed by atoms with Gasteiger partial charge in [0.25, 0.3) is 0 Å². The summed E-state index contributed by atoms with van der Waals surface area (Å²) in [4.78, 5) is 10.1. The highest BCUT2D eigenvalue weighted by Crippen LogP contribution is 2.11. The van der Waals surface area contributed by atoms with Crippen LogP contribution < -0.4 is 0 Å². The first kappa shape index (κ1) is 7.27. The first-order valence-electron chi connectivity index (χ1n) is 3.17. The summed E-state index contributed by atoms with van der Waals surface area (Å²) in [5.74, 6) is 0. The Bertz CT molecular complexity index is 135. The number of hydrogen-bond acceptors (Lipinski definition) is 3. The number of ether oxygens (including phenoxy) is 1. The molecule has 5 heteroatoms. The molecule has 1 atom stereocenters. The second-order valence-electron chi connectivity index (χ2n) is 2.36. The topological polar surface area (TPSA) is 55.6 Å². The van der Waals surface area contributed by atoms with Crippen molar-refractivity contribution in [3.63, 3.8) is 0 Å². The standard InChI is InChI=1S/C5H10N2O3/c1-6(7(8)9)4-5-2-3-10-5/h5H,2-4H2,1H3. The van der Waals surface area contributed by atoms with E-state index in [1.165, 1.54) is 7.05 Å². The predicted molar refractivity (Wildman–Crippen MR) is 34.0 cm³/mol. The van der Waals surface area contributed by atoms with E-state index in [9.17, 15) is 10.1 Å². The van der Waals surface area contributed by atoms with E-state index in [1.807, 2.05) is 0 Å². The maximum absolute atomic E-state index is 10.1. The Morgan fingerprint density at radius 2 is 2.50 bits per heavy atom. The van der Waals surface area contributed by atoms with Crippen LogP contribution in [0.4, 0.5) is 0 Å². The summed E-state index contributed by atoms with van der Waals surface area (Å²) < 4.78 is 5.01. The minimum absolute atomic E-state index is 0.0791. The van der Waals surface area contributed by atoms with Crippen LogP contribution in [0, 0.1) is 10.1 Å². The van der Waals surface area contributed by atoms with Crippen LogP contribution in [-0.4, -0.2) is 36.3 Å². The summed E-state index contributed by atoms with van der Waals surface area (Å²) in [5, 5.41) is 10.7. The van der Waals surface area contributed by atoms with Gasteiger partial charge in [0.1, 0.15) is 6.54 Å². The van der Waals surface area contributed by atoms with E-state index in [0.717, 1.165) is 18.0 Å². The van der Waals surface area contributed by atoms with E-state index in [-0.39, 0.29) is 6.10 Å². The van der Waals surface area contributed by atoms with Gasteiger partial charge >= 0.3 is 0 Å². The molecule has 10 heavy (non-hydrogen) atoms. The maximum atomic E-state index is 10.1. The summed E-state index contributed by atoms with van der Waals surface area (Å²) in [6.45, 7) is 1.14. The molecule has 0 aromatic rings. The third kappa shape index (κ3) is 1.57. The summed E-state index contributed by atoms with van der Waals surface area (Å²) >= 11 is 0. The van der Waals surface area contributed by atoms with Gasteiger partial charge in [0.15, 0.2) is 5.03 Å². The minimum atomic E-state index is -0.429. The van der Waals surface area contributed by atoms with Gasteiger partial charge in [-0.25, -0.2) is 10.1 Å². The Labute approximate surface area is 58.7 Å². The van der Waals surface area contributed by atoms with Gasteiger partial charge < -0.3 is 4.74 Å². The van der Waals surface area contributed by atoms with Gasteiger partial charge in [-0.1, -0.05) is 0 Å². The molecule has 1 fully saturated rings. The molecule has 0 aliphatic carbocycles. The molecule has 0 N–H and O–H groups in total. The van der Waals surface area contributed by atoms with Gasteiger partial charge in [-0.3, -0.25) is 0 Å². The zero-order chi connectivity index (χ0) is 7.56. The quantitative estimate of drug-likeness (QED) is 0.412. The van der Waals surface area contributed by atoms with Crippen molar-refractivity contribution in [1.82, 2.24) is 5.01 Å². The summed E-state index contributed by atoms with van der Waals surface area (Å²) in [5.41, 5.74) is 0. The van der Waals surface area contributed by atoms with E-state index in [2.05, 4.69) is 0 Å². The van der Waals surface area contributed by atoms with Crippen molar-refractivity contribution < 1.29 is 9.77 Å². The SMILES string of the molecule is CN(CC1CCO1)[N+](=O)[O-]. The molecule has 1 aliphatic heterocycles. The molecular weight excluding hydrogens is 136 g/mol. The number of nitro groups is 1. The zero-order valence-corrected chi connectivity index (χ0v) is 5.82. The predicted octanol–water partition coefficient (Wildman–Crippen LogP) is -0.101. The molecule has 0 radical (unpaired) electrons. The van der Waals surface area contributed by atoms with Gasteiger partial charge in [0, 0.05) is 6.61 Å². The number of hydrogen-bond donors (Lipinski definition) is 0. The molecular formula is C5H10N2O3. The molecule has 5 nitrogen and oxygen atoms in total. The summed E-state index contributed by atoms with van der Waals surface area (Å²) in [6.07, 6.45) is 1.02. The van der Waals surface area contributed by atoms with Crippen LogP contribution in [0.5, 0.6) is 0 Å². The highest BCUT2D eigenvalue weighted by molar-refractivity contribution is 4.66. The molecule has 0 bridgehead atoms. The van der Waals surface area contributed by atoms with Crippen molar-refractivity contribution in [1.29, 1.82) is 0 Å². The van der Waals surface area contributed by atoms with E-state index in [4.69, 9.17) is 4.74 Å². The molecule has 1 heterocycles. The van der Waals surface area contributed by atoms with Crippen LogP contribution >= 0.6 is 0 Å². The minimum Gasteiger partial charge on any atom is -0.376 e. The van der Waals surface area contributed by atoms with Crippen LogP contribution in [0.15, 0.2) is 0 Å². The van der Waals surface area contributed by atoms with Crippen molar-refractivity contribution in [3.8, 4) is 0 Å². The van der Waals surface area contributed by atoms with Crippen LogP contribution in [-0.2, 0) is 4.74 Å². The third-order valence-corrected chi connectivity index (χ3v) is 1.54. The second-order valence-corrected chi connectivity index (χ2v) is 2.36. The largest absolute Gasteiger partial charge is 0.376 e. The molecule has 1 rings (SSSR count). The summed E-state index contributed by atoms with van der Waals surface area (Å²) in [6, 6.07) is 0. The molecule has 0 spiro atoms. The fourth-order valence-corrected chi connectivity index (χ4v) is 0.790. The monoisotopic (exact) mass is 146 g/mol. The Balaban J connectivity index is 2.16.